The summed E-state index contributed by atoms with van der Waals surface area (Å²) >= 11 is 0. The molecule has 18 heavy (non-hydrogen) atoms. The molecule has 1 atom stereocenters. The number of piperazine rings is 1. The molecule has 3 rings (SSSR count). The lowest BCUT2D eigenvalue weighted by atomic mass is 10.2. The molecule has 2 aliphatic rings. The monoisotopic (exact) mass is 249 g/mol. The zero-order valence-electron chi connectivity index (χ0n) is 11.2. The van der Waals surface area contributed by atoms with Crippen molar-refractivity contribution >= 4 is 5.69 Å². The highest BCUT2D eigenvalue weighted by molar-refractivity contribution is 5.42. The van der Waals surface area contributed by atoms with Gasteiger partial charge in [0.25, 0.3) is 0 Å². The Kier molecular flexibility index (Phi) is 3.52. The third-order valence-electron chi connectivity index (χ3n) is 4.07. The summed E-state index contributed by atoms with van der Waals surface area (Å²) < 4.78 is 1.88. The highest BCUT2D eigenvalue weighted by atomic mass is 15.3. The Morgan fingerprint density at radius 1 is 1.33 bits per heavy atom. The van der Waals surface area contributed by atoms with E-state index in [0.29, 0.717) is 0 Å². The number of aryl methyl sites for hydroxylation is 1. The highest BCUT2D eigenvalue weighted by Gasteiger charge is 2.22. The number of hydrogen-bond donors (Lipinski definition) is 1. The summed E-state index contributed by atoms with van der Waals surface area (Å²) in [5, 5.41) is 7.83. The third-order valence-corrected chi connectivity index (χ3v) is 4.07. The minimum Gasteiger partial charge on any atom is -0.366 e. The molecular weight excluding hydrogens is 226 g/mol. The first-order valence-corrected chi connectivity index (χ1v) is 7.00. The van der Waals surface area contributed by atoms with Gasteiger partial charge in [0, 0.05) is 52.0 Å². The normalized spacial score (nSPS) is 25.8. The molecule has 5 nitrogen and oxygen atoms in total. The lowest BCUT2D eigenvalue weighted by Crippen LogP contribution is -2.49. The van der Waals surface area contributed by atoms with Crippen LogP contribution in [0.3, 0.4) is 0 Å². The summed E-state index contributed by atoms with van der Waals surface area (Å²) in [6.45, 7) is 7.03. The number of aromatic nitrogens is 2. The van der Waals surface area contributed by atoms with Gasteiger partial charge in [0.1, 0.15) is 0 Å². The van der Waals surface area contributed by atoms with E-state index in [2.05, 4.69) is 26.4 Å². The van der Waals surface area contributed by atoms with Gasteiger partial charge in [-0.2, -0.15) is 5.10 Å². The van der Waals surface area contributed by atoms with Gasteiger partial charge in [-0.3, -0.25) is 9.58 Å². The van der Waals surface area contributed by atoms with E-state index in [0.717, 1.165) is 19.1 Å². The molecule has 5 heteroatoms. The SMILES string of the molecule is Cn1cc(N2CCN(CC3CCCN3)CC2)cn1. The summed E-state index contributed by atoms with van der Waals surface area (Å²) in [5.41, 5.74) is 1.26. The van der Waals surface area contributed by atoms with Crippen molar-refractivity contribution in [2.24, 2.45) is 7.05 Å². The summed E-state index contributed by atoms with van der Waals surface area (Å²) in [6.07, 6.45) is 6.77. The van der Waals surface area contributed by atoms with Crippen LogP contribution < -0.4 is 10.2 Å². The molecule has 0 radical (unpaired) electrons. The van der Waals surface area contributed by atoms with Crippen LogP contribution in [0.15, 0.2) is 12.4 Å². The fourth-order valence-corrected chi connectivity index (χ4v) is 2.98. The first-order valence-electron chi connectivity index (χ1n) is 7.00. The van der Waals surface area contributed by atoms with Crippen molar-refractivity contribution in [2.75, 3.05) is 44.2 Å². The fourth-order valence-electron chi connectivity index (χ4n) is 2.98. The molecule has 1 N–H and O–H groups in total. The average Bonchev–Trinajstić information content (AvgIpc) is 3.02. The Labute approximate surface area is 109 Å². The van der Waals surface area contributed by atoms with E-state index < -0.39 is 0 Å². The van der Waals surface area contributed by atoms with Crippen LogP contribution in [0.4, 0.5) is 5.69 Å². The second-order valence-electron chi connectivity index (χ2n) is 5.45. The fraction of sp³-hybridized carbons (Fsp3) is 0.769. The van der Waals surface area contributed by atoms with Gasteiger partial charge < -0.3 is 10.2 Å². The van der Waals surface area contributed by atoms with E-state index in [-0.39, 0.29) is 0 Å². The van der Waals surface area contributed by atoms with Crippen LogP contribution in [-0.4, -0.2) is 60.0 Å². The molecule has 2 saturated heterocycles. The molecule has 0 amide bonds. The summed E-state index contributed by atoms with van der Waals surface area (Å²) in [7, 11) is 1.98. The van der Waals surface area contributed by atoms with E-state index in [1.807, 2.05) is 17.9 Å². The largest absolute Gasteiger partial charge is 0.366 e. The van der Waals surface area contributed by atoms with Gasteiger partial charge >= 0.3 is 0 Å². The first kappa shape index (κ1) is 12.0. The predicted molar refractivity (Wildman–Crippen MR) is 72.9 cm³/mol. The maximum absolute atomic E-state index is 4.25. The molecular formula is C13H23N5. The van der Waals surface area contributed by atoms with Crippen molar-refractivity contribution in [2.45, 2.75) is 18.9 Å². The number of hydrogen-bond acceptors (Lipinski definition) is 4. The molecule has 100 valence electrons. The van der Waals surface area contributed by atoms with E-state index in [1.165, 1.54) is 44.7 Å². The summed E-state index contributed by atoms with van der Waals surface area (Å²) in [6, 6.07) is 0.731. The number of anilines is 1. The minimum absolute atomic E-state index is 0.731. The van der Waals surface area contributed by atoms with Gasteiger partial charge in [-0.1, -0.05) is 0 Å². The molecule has 1 aromatic rings. The molecule has 0 spiro atoms. The topological polar surface area (TPSA) is 36.3 Å². The molecule has 2 aliphatic heterocycles. The molecule has 0 bridgehead atoms. The van der Waals surface area contributed by atoms with Gasteiger partial charge in [-0.15, -0.1) is 0 Å². The zero-order valence-corrected chi connectivity index (χ0v) is 11.2. The number of nitrogens with zero attached hydrogens (tertiary/aromatic N) is 4. The highest BCUT2D eigenvalue weighted by Crippen LogP contribution is 2.15. The molecule has 1 aromatic heterocycles. The molecule has 1 unspecified atom stereocenters. The standard InChI is InChI=1S/C13H23N5/c1-16-11-13(9-15-16)18-7-5-17(6-8-18)10-12-3-2-4-14-12/h9,11-12,14H,2-8,10H2,1H3. The van der Waals surface area contributed by atoms with E-state index in [9.17, 15) is 0 Å². The van der Waals surface area contributed by atoms with E-state index in [1.54, 1.807) is 0 Å². The van der Waals surface area contributed by atoms with E-state index in [4.69, 9.17) is 0 Å². The molecule has 0 aliphatic carbocycles. The Balaban J connectivity index is 1.48. The quantitative estimate of drug-likeness (QED) is 0.835. The molecule has 0 saturated carbocycles. The van der Waals surface area contributed by atoms with E-state index >= 15 is 0 Å². The predicted octanol–water partition coefficient (Wildman–Crippen LogP) is 0.294. The second-order valence-corrected chi connectivity index (χ2v) is 5.45. The number of rotatable bonds is 3. The number of nitrogens with one attached hydrogen (secondary N) is 1. The van der Waals surface area contributed by atoms with Crippen LogP contribution in [0.5, 0.6) is 0 Å². The van der Waals surface area contributed by atoms with Crippen LogP contribution in [0.1, 0.15) is 12.8 Å². The van der Waals surface area contributed by atoms with Gasteiger partial charge in [0.05, 0.1) is 11.9 Å². The molecule has 0 aromatic carbocycles. The van der Waals surface area contributed by atoms with Crippen LogP contribution in [0.25, 0.3) is 0 Å². The zero-order chi connectivity index (χ0) is 12.4. The first-order chi connectivity index (χ1) is 8.81. The Morgan fingerprint density at radius 3 is 2.78 bits per heavy atom. The maximum Gasteiger partial charge on any atom is 0.0753 e. The van der Waals surface area contributed by atoms with Crippen LogP contribution in [0, 0.1) is 0 Å². The van der Waals surface area contributed by atoms with Gasteiger partial charge in [-0.25, -0.2) is 0 Å². The van der Waals surface area contributed by atoms with Gasteiger partial charge in [0.15, 0.2) is 0 Å². The summed E-state index contributed by atoms with van der Waals surface area (Å²) in [5.74, 6) is 0. The van der Waals surface area contributed by atoms with Crippen molar-refractivity contribution in [3.05, 3.63) is 12.4 Å². The average molecular weight is 249 g/mol. The lowest BCUT2D eigenvalue weighted by Gasteiger charge is -2.36. The van der Waals surface area contributed by atoms with Crippen molar-refractivity contribution in [3.8, 4) is 0 Å². The van der Waals surface area contributed by atoms with Crippen molar-refractivity contribution in [1.29, 1.82) is 0 Å². The van der Waals surface area contributed by atoms with Gasteiger partial charge in [-0.05, 0) is 19.4 Å². The Bertz CT molecular complexity index is 374. The molecule has 2 fully saturated rings. The van der Waals surface area contributed by atoms with Gasteiger partial charge in [0.2, 0.25) is 0 Å². The Morgan fingerprint density at radius 2 is 2.17 bits per heavy atom. The van der Waals surface area contributed by atoms with Crippen molar-refractivity contribution in [3.63, 3.8) is 0 Å². The maximum atomic E-state index is 4.25. The summed E-state index contributed by atoms with van der Waals surface area (Å²) in [4.78, 5) is 5.03. The van der Waals surface area contributed by atoms with Crippen molar-refractivity contribution in [1.82, 2.24) is 20.0 Å². The lowest BCUT2D eigenvalue weighted by molar-refractivity contribution is 0.236. The minimum atomic E-state index is 0.731. The van der Waals surface area contributed by atoms with Crippen LogP contribution in [0.2, 0.25) is 0 Å². The van der Waals surface area contributed by atoms with Crippen molar-refractivity contribution < 1.29 is 0 Å². The molecule has 3 heterocycles. The Hall–Kier alpha value is -1.07. The second kappa shape index (κ2) is 5.28. The van der Waals surface area contributed by atoms with Crippen LogP contribution >= 0.6 is 0 Å². The third kappa shape index (κ3) is 2.67. The smallest absolute Gasteiger partial charge is 0.0753 e. The van der Waals surface area contributed by atoms with Crippen LogP contribution in [-0.2, 0) is 7.05 Å².